The predicted molar refractivity (Wildman–Crippen MR) is 104 cm³/mol. The summed E-state index contributed by atoms with van der Waals surface area (Å²) in [5.41, 5.74) is 0.731. The van der Waals surface area contributed by atoms with E-state index in [0.717, 1.165) is 17.3 Å². The highest BCUT2D eigenvalue weighted by molar-refractivity contribution is 7.99. The van der Waals surface area contributed by atoms with Crippen LogP contribution in [0.4, 0.5) is 0 Å². The molecule has 9 heteroatoms. The lowest BCUT2D eigenvalue weighted by Crippen LogP contribution is -2.44. The van der Waals surface area contributed by atoms with E-state index < -0.39 is 5.97 Å². The Balaban J connectivity index is 1.82. The van der Waals surface area contributed by atoms with Crippen molar-refractivity contribution in [2.45, 2.75) is 45.0 Å². The van der Waals surface area contributed by atoms with Gasteiger partial charge in [-0.25, -0.2) is 0 Å². The van der Waals surface area contributed by atoms with Crippen LogP contribution in [0, 0.1) is 0 Å². The monoisotopic (exact) mass is 411 g/mol. The van der Waals surface area contributed by atoms with Crippen molar-refractivity contribution in [2.75, 3.05) is 12.4 Å². The molecule has 0 N–H and O–H groups in total. The summed E-state index contributed by atoms with van der Waals surface area (Å²) in [5.74, 6) is -0.436. The van der Waals surface area contributed by atoms with Crippen LogP contribution in [0.1, 0.15) is 27.7 Å². The molecule has 0 radical (unpaired) electrons. The Bertz CT molecular complexity index is 769. The molecule has 1 aromatic heterocycles. The van der Waals surface area contributed by atoms with E-state index in [9.17, 15) is 9.59 Å². The first-order chi connectivity index (χ1) is 12.8. The van der Waals surface area contributed by atoms with Gasteiger partial charge < -0.3 is 14.1 Å². The first-order valence-electron chi connectivity index (χ1n) is 8.47. The van der Waals surface area contributed by atoms with E-state index in [1.54, 1.807) is 29.2 Å². The molecule has 0 fully saturated rings. The summed E-state index contributed by atoms with van der Waals surface area (Å²) in [4.78, 5) is 25.7. The highest BCUT2D eigenvalue weighted by Crippen LogP contribution is 2.24. The van der Waals surface area contributed by atoms with Gasteiger partial charge in [-0.3, -0.25) is 9.59 Å². The molecule has 2 rings (SSSR count). The zero-order chi connectivity index (χ0) is 20.0. The Labute approximate surface area is 167 Å². The number of esters is 1. The Kier molecular flexibility index (Phi) is 7.67. The van der Waals surface area contributed by atoms with Gasteiger partial charge >= 0.3 is 5.97 Å². The number of carbonyl (C=O) groups is 2. The Morgan fingerprint density at radius 1 is 1.15 bits per heavy atom. The fraction of sp³-hybridized carbons (Fsp3) is 0.444. The third-order valence-corrected chi connectivity index (χ3v) is 4.61. The van der Waals surface area contributed by atoms with Gasteiger partial charge in [0.2, 0.25) is 5.89 Å². The zero-order valence-corrected chi connectivity index (χ0v) is 17.2. The molecule has 0 bridgehead atoms. The molecule has 7 nitrogen and oxygen atoms in total. The van der Waals surface area contributed by atoms with Gasteiger partial charge in [0.15, 0.2) is 6.61 Å². The van der Waals surface area contributed by atoms with E-state index >= 15 is 0 Å². The maximum atomic E-state index is 12.2. The molecule has 0 saturated heterocycles. The van der Waals surface area contributed by atoms with Crippen molar-refractivity contribution in [1.29, 1.82) is 0 Å². The molecule has 1 aromatic carbocycles. The summed E-state index contributed by atoms with van der Waals surface area (Å²) in [6.07, 6.45) is 0. The van der Waals surface area contributed by atoms with Crippen LogP contribution < -0.4 is 0 Å². The number of amides is 1. The van der Waals surface area contributed by atoms with Gasteiger partial charge in [-0.15, -0.1) is 10.2 Å². The lowest BCUT2D eigenvalue weighted by atomic mass is 10.2. The summed E-state index contributed by atoms with van der Waals surface area (Å²) >= 11 is 6.90. The van der Waals surface area contributed by atoms with Crippen LogP contribution in [0.25, 0.3) is 11.5 Å². The minimum absolute atomic E-state index is 0.0289. The van der Waals surface area contributed by atoms with Gasteiger partial charge in [-0.2, -0.15) is 0 Å². The second-order valence-corrected chi connectivity index (χ2v) is 7.68. The minimum Gasteiger partial charge on any atom is -0.455 e. The molecule has 146 valence electrons. The van der Waals surface area contributed by atoms with Crippen LogP contribution in [0.15, 0.2) is 33.9 Å². The third kappa shape index (κ3) is 6.25. The molecule has 1 heterocycles. The molecule has 0 atom stereocenters. The average molecular weight is 412 g/mol. The Morgan fingerprint density at radius 2 is 1.78 bits per heavy atom. The molecular weight excluding hydrogens is 390 g/mol. The average Bonchev–Trinajstić information content (AvgIpc) is 3.07. The van der Waals surface area contributed by atoms with Crippen molar-refractivity contribution in [1.82, 2.24) is 15.1 Å². The molecule has 0 aliphatic rings. The number of hydrogen-bond acceptors (Lipinski definition) is 7. The SMILES string of the molecule is CC(C)N(C(=O)COC(=O)CSc1nnc(-c2ccc(Cl)cc2)o1)C(C)C. The van der Waals surface area contributed by atoms with Crippen LogP contribution in [0.3, 0.4) is 0 Å². The highest BCUT2D eigenvalue weighted by atomic mass is 35.5. The van der Waals surface area contributed by atoms with Crippen LogP contribution >= 0.6 is 23.4 Å². The van der Waals surface area contributed by atoms with Crippen LogP contribution in [0.2, 0.25) is 5.02 Å². The molecule has 0 unspecified atom stereocenters. The molecule has 0 saturated carbocycles. The number of aromatic nitrogens is 2. The lowest BCUT2D eigenvalue weighted by Gasteiger charge is -2.30. The van der Waals surface area contributed by atoms with Crippen LogP contribution in [-0.4, -0.2) is 51.4 Å². The maximum absolute atomic E-state index is 12.2. The van der Waals surface area contributed by atoms with E-state index in [4.69, 9.17) is 20.8 Å². The van der Waals surface area contributed by atoms with Gasteiger partial charge in [0, 0.05) is 22.7 Å². The Hall–Kier alpha value is -2.06. The van der Waals surface area contributed by atoms with Gasteiger partial charge in [0.25, 0.3) is 11.1 Å². The Morgan fingerprint density at radius 3 is 2.37 bits per heavy atom. The number of benzene rings is 1. The molecular formula is C18H22ClN3O4S. The number of thioether (sulfide) groups is 1. The molecule has 0 spiro atoms. The summed E-state index contributed by atoms with van der Waals surface area (Å²) in [7, 11) is 0. The van der Waals surface area contributed by atoms with Gasteiger partial charge in [-0.1, -0.05) is 23.4 Å². The van der Waals surface area contributed by atoms with Crippen molar-refractivity contribution in [3.63, 3.8) is 0 Å². The van der Waals surface area contributed by atoms with Crippen LogP contribution in [-0.2, 0) is 14.3 Å². The second-order valence-electron chi connectivity index (χ2n) is 6.32. The fourth-order valence-electron chi connectivity index (χ4n) is 2.53. The van der Waals surface area contributed by atoms with E-state index in [1.165, 1.54) is 0 Å². The number of rotatable bonds is 8. The standard InChI is InChI=1S/C18H22ClN3O4S/c1-11(2)22(12(3)4)15(23)9-25-16(24)10-27-18-21-20-17(26-18)13-5-7-14(19)8-6-13/h5-8,11-12H,9-10H2,1-4H3. The molecule has 27 heavy (non-hydrogen) atoms. The summed E-state index contributed by atoms with van der Waals surface area (Å²) in [6.45, 7) is 7.40. The maximum Gasteiger partial charge on any atom is 0.316 e. The lowest BCUT2D eigenvalue weighted by molar-refractivity contribution is -0.151. The summed E-state index contributed by atoms with van der Waals surface area (Å²) in [5, 5.41) is 8.68. The van der Waals surface area contributed by atoms with Gasteiger partial charge in [-0.05, 0) is 52.0 Å². The van der Waals surface area contributed by atoms with E-state index in [2.05, 4.69) is 10.2 Å². The summed E-state index contributed by atoms with van der Waals surface area (Å²) in [6, 6.07) is 7.05. The van der Waals surface area contributed by atoms with Crippen molar-refractivity contribution in [3.8, 4) is 11.5 Å². The summed E-state index contributed by atoms with van der Waals surface area (Å²) < 4.78 is 10.6. The topological polar surface area (TPSA) is 85.5 Å². The quantitative estimate of drug-likeness (QED) is 0.483. The van der Waals surface area contributed by atoms with Gasteiger partial charge in [0.05, 0.1) is 0 Å². The van der Waals surface area contributed by atoms with Crippen LogP contribution in [0.5, 0.6) is 0 Å². The van der Waals surface area contributed by atoms with Gasteiger partial charge in [0.1, 0.15) is 5.75 Å². The number of hydrogen-bond donors (Lipinski definition) is 0. The van der Waals surface area contributed by atoms with E-state index in [0.29, 0.717) is 10.9 Å². The van der Waals surface area contributed by atoms with E-state index in [-0.39, 0.29) is 35.6 Å². The third-order valence-electron chi connectivity index (χ3n) is 3.57. The van der Waals surface area contributed by atoms with Crippen molar-refractivity contribution in [3.05, 3.63) is 29.3 Å². The van der Waals surface area contributed by atoms with E-state index in [1.807, 2.05) is 27.7 Å². The highest BCUT2D eigenvalue weighted by Gasteiger charge is 2.21. The number of nitrogens with zero attached hydrogens (tertiary/aromatic N) is 3. The number of ether oxygens (including phenoxy) is 1. The van der Waals surface area contributed by atoms with Crippen molar-refractivity contribution < 1.29 is 18.7 Å². The largest absolute Gasteiger partial charge is 0.455 e. The first-order valence-corrected chi connectivity index (χ1v) is 9.83. The molecule has 2 aromatic rings. The molecule has 0 aliphatic heterocycles. The number of carbonyl (C=O) groups excluding carboxylic acids is 2. The molecule has 1 amide bonds. The fourth-order valence-corrected chi connectivity index (χ4v) is 3.22. The predicted octanol–water partition coefficient (Wildman–Crippen LogP) is 3.67. The second kappa shape index (κ2) is 9.75. The van der Waals surface area contributed by atoms with Crippen molar-refractivity contribution >= 4 is 35.2 Å². The first kappa shape index (κ1) is 21.2. The van der Waals surface area contributed by atoms with Crippen molar-refractivity contribution in [2.24, 2.45) is 0 Å². The normalized spacial score (nSPS) is 11.1. The number of halogens is 1. The minimum atomic E-state index is -0.521. The molecule has 0 aliphatic carbocycles. The smallest absolute Gasteiger partial charge is 0.316 e. The zero-order valence-electron chi connectivity index (χ0n) is 15.6.